The van der Waals surface area contributed by atoms with Gasteiger partial charge in [-0.3, -0.25) is 4.79 Å². The summed E-state index contributed by atoms with van der Waals surface area (Å²) in [5.74, 6) is 0.576. The van der Waals surface area contributed by atoms with Crippen molar-refractivity contribution in [3.8, 4) is 0 Å². The van der Waals surface area contributed by atoms with E-state index < -0.39 is 0 Å². The van der Waals surface area contributed by atoms with Crippen LogP contribution in [0.5, 0.6) is 0 Å². The second kappa shape index (κ2) is 7.10. The van der Waals surface area contributed by atoms with E-state index in [1.807, 2.05) is 0 Å². The van der Waals surface area contributed by atoms with E-state index in [0.717, 1.165) is 32.4 Å². The highest BCUT2D eigenvalue weighted by atomic mass is 16.5. The number of amides is 1. The van der Waals surface area contributed by atoms with Crippen LogP contribution in [-0.2, 0) is 9.53 Å². The predicted molar refractivity (Wildman–Crippen MR) is 73.5 cm³/mol. The third-order valence-electron chi connectivity index (χ3n) is 4.10. The van der Waals surface area contributed by atoms with Crippen molar-refractivity contribution in [2.24, 2.45) is 11.3 Å². The Morgan fingerprint density at radius 3 is 2.67 bits per heavy atom. The first kappa shape index (κ1) is 15.4. The highest BCUT2D eigenvalue weighted by molar-refractivity contribution is 5.83. The molecule has 0 spiro atoms. The molecular formula is C14H28N2O2. The van der Waals surface area contributed by atoms with E-state index in [1.165, 1.54) is 0 Å². The second-order valence-corrected chi connectivity index (χ2v) is 5.69. The van der Waals surface area contributed by atoms with Crippen LogP contribution in [0.15, 0.2) is 0 Å². The van der Waals surface area contributed by atoms with Gasteiger partial charge in [-0.05, 0) is 31.7 Å². The average molecular weight is 256 g/mol. The summed E-state index contributed by atoms with van der Waals surface area (Å²) >= 11 is 0. The van der Waals surface area contributed by atoms with Crippen molar-refractivity contribution in [2.45, 2.75) is 46.1 Å². The molecule has 2 atom stereocenters. The quantitative estimate of drug-likeness (QED) is 0.758. The van der Waals surface area contributed by atoms with Crippen LogP contribution in [0, 0.1) is 11.3 Å². The summed E-state index contributed by atoms with van der Waals surface area (Å²) in [6, 6.07) is 0.104. The van der Waals surface area contributed by atoms with Gasteiger partial charge in [-0.1, -0.05) is 20.8 Å². The Hall–Kier alpha value is -0.610. The minimum absolute atomic E-state index is 0.104. The Bertz CT molecular complexity index is 261. The van der Waals surface area contributed by atoms with E-state index >= 15 is 0 Å². The van der Waals surface area contributed by atoms with E-state index in [2.05, 4.69) is 31.4 Å². The van der Waals surface area contributed by atoms with E-state index in [9.17, 15) is 4.79 Å². The third kappa shape index (κ3) is 3.69. The maximum atomic E-state index is 12.5. The number of piperidine rings is 1. The number of carbonyl (C=O) groups excluding carboxylic acids is 1. The van der Waals surface area contributed by atoms with Crippen molar-refractivity contribution < 1.29 is 9.53 Å². The van der Waals surface area contributed by atoms with Crippen molar-refractivity contribution in [2.75, 3.05) is 26.8 Å². The molecular weight excluding hydrogens is 228 g/mol. The molecule has 4 nitrogen and oxygen atoms in total. The van der Waals surface area contributed by atoms with Crippen LogP contribution in [0.2, 0.25) is 0 Å². The molecule has 1 aliphatic heterocycles. The topological polar surface area (TPSA) is 50.4 Å². The van der Waals surface area contributed by atoms with Gasteiger partial charge in [0.1, 0.15) is 0 Å². The molecule has 1 amide bonds. The predicted octanol–water partition coefficient (Wildman–Crippen LogP) is 1.55. The lowest BCUT2D eigenvalue weighted by Crippen LogP contribution is -2.54. The fourth-order valence-electron chi connectivity index (χ4n) is 2.53. The number of methoxy groups -OCH3 is 1. The first-order chi connectivity index (χ1) is 8.55. The number of hydrogen-bond acceptors (Lipinski definition) is 3. The lowest BCUT2D eigenvalue weighted by Gasteiger charge is -2.37. The third-order valence-corrected chi connectivity index (χ3v) is 4.10. The van der Waals surface area contributed by atoms with Crippen LogP contribution < -0.4 is 10.6 Å². The lowest BCUT2D eigenvalue weighted by molar-refractivity contribution is -0.133. The summed E-state index contributed by atoms with van der Waals surface area (Å²) in [6.07, 6.45) is 2.96. The molecule has 1 saturated heterocycles. The molecule has 106 valence electrons. The minimum atomic E-state index is -0.223. The molecule has 2 N–H and O–H groups in total. The normalized spacial score (nSPS) is 26.1. The van der Waals surface area contributed by atoms with E-state index in [1.54, 1.807) is 7.11 Å². The Balaban J connectivity index is 2.65. The van der Waals surface area contributed by atoms with Crippen LogP contribution in [0.3, 0.4) is 0 Å². The van der Waals surface area contributed by atoms with Gasteiger partial charge in [-0.2, -0.15) is 0 Å². The fourth-order valence-corrected chi connectivity index (χ4v) is 2.53. The molecule has 0 aromatic heterocycles. The molecule has 1 fully saturated rings. The zero-order valence-corrected chi connectivity index (χ0v) is 12.2. The molecule has 0 aliphatic carbocycles. The van der Waals surface area contributed by atoms with Gasteiger partial charge in [0.15, 0.2) is 0 Å². The van der Waals surface area contributed by atoms with Gasteiger partial charge in [0, 0.05) is 13.7 Å². The SMILES string of the molecule is CCC1(C(=O)NC(COC)C(C)C)CCCNC1. The zero-order chi connectivity index (χ0) is 13.6. The van der Waals surface area contributed by atoms with Crippen molar-refractivity contribution in [1.29, 1.82) is 0 Å². The van der Waals surface area contributed by atoms with Gasteiger partial charge in [-0.25, -0.2) is 0 Å². The van der Waals surface area contributed by atoms with Crippen LogP contribution in [0.25, 0.3) is 0 Å². The van der Waals surface area contributed by atoms with Crippen LogP contribution in [0.4, 0.5) is 0 Å². The Kier molecular flexibility index (Phi) is 6.09. The molecule has 2 unspecified atom stereocenters. The number of carbonyl (C=O) groups is 1. The number of hydrogen-bond donors (Lipinski definition) is 2. The fraction of sp³-hybridized carbons (Fsp3) is 0.929. The molecule has 0 saturated carbocycles. The van der Waals surface area contributed by atoms with Crippen LogP contribution in [-0.4, -0.2) is 38.8 Å². The van der Waals surface area contributed by atoms with Crippen molar-refractivity contribution in [3.63, 3.8) is 0 Å². The molecule has 0 aromatic carbocycles. The van der Waals surface area contributed by atoms with Crippen LogP contribution in [0.1, 0.15) is 40.0 Å². The number of ether oxygens (including phenoxy) is 1. The molecule has 0 bridgehead atoms. The number of rotatable bonds is 6. The average Bonchev–Trinajstić information content (AvgIpc) is 2.38. The first-order valence-corrected chi connectivity index (χ1v) is 7.06. The van der Waals surface area contributed by atoms with Crippen molar-refractivity contribution in [1.82, 2.24) is 10.6 Å². The van der Waals surface area contributed by atoms with Gasteiger partial charge in [0.05, 0.1) is 18.1 Å². The highest BCUT2D eigenvalue weighted by Crippen LogP contribution is 2.30. The Labute approximate surface area is 111 Å². The zero-order valence-electron chi connectivity index (χ0n) is 12.2. The summed E-state index contributed by atoms with van der Waals surface area (Å²) in [7, 11) is 1.68. The number of nitrogens with one attached hydrogen (secondary N) is 2. The lowest BCUT2D eigenvalue weighted by atomic mass is 9.77. The van der Waals surface area contributed by atoms with E-state index in [4.69, 9.17) is 4.74 Å². The van der Waals surface area contributed by atoms with Crippen molar-refractivity contribution in [3.05, 3.63) is 0 Å². The molecule has 18 heavy (non-hydrogen) atoms. The molecule has 1 heterocycles. The Morgan fingerprint density at radius 2 is 2.22 bits per heavy atom. The summed E-state index contributed by atoms with van der Waals surface area (Å²) in [5, 5.41) is 6.52. The van der Waals surface area contributed by atoms with Gasteiger partial charge >= 0.3 is 0 Å². The van der Waals surface area contributed by atoms with Crippen molar-refractivity contribution >= 4 is 5.91 Å². The first-order valence-electron chi connectivity index (χ1n) is 7.06. The summed E-state index contributed by atoms with van der Waals surface area (Å²) in [6.45, 7) is 8.74. The monoisotopic (exact) mass is 256 g/mol. The molecule has 1 aliphatic rings. The van der Waals surface area contributed by atoms with E-state index in [0.29, 0.717) is 12.5 Å². The van der Waals surface area contributed by atoms with Gasteiger partial charge in [-0.15, -0.1) is 0 Å². The second-order valence-electron chi connectivity index (χ2n) is 5.69. The highest BCUT2D eigenvalue weighted by Gasteiger charge is 2.38. The smallest absolute Gasteiger partial charge is 0.227 e. The van der Waals surface area contributed by atoms with Gasteiger partial charge in [0.25, 0.3) is 0 Å². The maximum Gasteiger partial charge on any atom is 0.227 e. The summed E-state index contributed by atoms with van der Waals surface area (Å²) in [5.41, 5.74) is -0.223. The standard InChI is InChI=1S/C14H28N2O2/c1-5-14(7-6-8-15-10-14)13(17)16-12(9-18-4)11(2)3/h11-12,15H,5-10H2,1-4H3,(H,16,17). The minimum Gasteiger partial charge on any atom is -0.383 e. The van der Waals surface area contributed by atoms with Crippen LogP contribution >= 0.6 is 0 Å². The van der Waals surface area contributed by atoms with Gasteiger partial charge in [0.2, 0.25) is 5.91 Å². The summed E-state index contributed by atoms with van der Waals surface area (Å²) < 4.78 is 5.19. The summed E-state index contributed by atoms with van der Waals surface area (Å²) in [4.78, 5) is 12.5. The Morgan fingerprint density at radius 1 is 1.50 bits per heavy atom. The maximum absolute atomic E-state index is 12.5. The van der Waals surface area contributed by atoms with Gasteiger partial charge < -0.3 is 15.4 Å². The molecule has 4 heteroatoms. The van der Waals surface area contributed by atoms with E-state index in [-0.39, 0.29) is 17.4 Å². The molecule has 0 aromatic rings. The molecule has 0 radical (unpaired) electrons. The largest absolute Gasteiger partial charge is 0.383 e. The molecule has 1 rings (SSSR count).